The number of nitrogens with two attached hydrogens (primary N) is 1. The lowest BCUT2D eigenvalue weighted by Gasteiger charge is -2.16. The summed E-state index contributed by atoms with van der Waals surface area (Å²) in [7, 11) is 0. The second-order valence-corrected chi connectivity index (χ2v) is 6.59. The Kier molecular flexibility index (Phi) is 7.06. The summed E-state index contributed by atoms with van der Waals surface area (Å²) < 4.78 is 11.4. The Balaban J connectivity index is 2.44. The number of primary amides is 1. The number of ether oxygens (including phenoxy) is 2. The normalized spacial score (nSPS) is 15.3. The summed E-state index contributed by atoms with van der Waals surface area (Å²) in [5, 5.41) is -0.521. The van der Waals surface area contributed by atoms with Crippen molar-refractivity contribution in [1.82, 2.24) is 4.90 Å². The van der Waals surface area contributed by atoms with Crippen LogP contribution >= 0.6 is 11.8 Å². The molecule has 2 N–H and O–H groups in total. The molecule has 8 heteroatoms. The predicted molar refractivity (Wildman–Crippen MR) is 105 cm³/mol. The maximum absolute atomic E-state index is 12.4. The highest BCUT2D eigenvalue weighted by Gasteiger charge is 2.35. The van der Waals surface area contributed by atoms with Crippen molar-refractivity contribution in [2.45, 2.75) is 20.3 Å². The van der Waals surface area contributed by atoms with Gasteiger partial charge in [0.25, 0.3) is 11.1 Å². The van der Waals surface area contributed by atoms with Crippen LogP contribution in [0.3, 0.4) is 0 Å². The summed E-state index contributed by atoms with van der Waals surface area (Å²) in [6.07, 6.45) is 3.90. The molecule has 1 saturated heterocycles. The van der Waals surface area contributed by atoms with E-state index in [0.29, 0.717) is 36.7 Å². The molecule has 1 fully saturated rings. The van der Waals surface area contributed by atoms with E-state index in [1.807, 2.05) is 19.9 Å². The average molecular weight is 390 g/mol. The Morgan fingerprint density at radius 1 is 1.26 bits per heavy atom. The second-order valence-electron chi connectivity index (χ2n) is 5.60. The average Bonchev–Trinajstić information content (AvgIpc) is 2.85. The van der Waals surface area contributed by atoms with Crippen molar-refractivity contribution in [1.29, 1.82) is 0 Å². The van der Waals surface area contributed by atoms with Crippen LogP contribution in [0.5, 0.6) is 11.5 Å². The van der Waals surface area contributed by atoms with Gasteiger partial charge in [0.1, 0.15) is 6.54 Å². The van der Waals surface area contributed by atoms with E-state index in [1.54, 1.807) is 18.2 Å². The molecule has 0 aromatic heterocycles. The topological polar surface area (TPSA) is 98.9 Å². The van der Waals surface area contributed by atoms with E-state index < -0.39 is 23.6 Å². The van der Waals surface area contributed by atoms with Crippen molar-refractivity contribution in [2.24, 2.45) is 5.73 Å². The summed E-state index contributed by atoms with van der Waals surface area (Å²) >= 11 is 0.770. The number of benzene rings is 1. The third-order valence-corrected chi connectivity index (χ3v) is 4.50. The third kappa shape index (κ3) is 4.91. The smallest absolute Gasteiger partial charge is 0.294 e. The number of rotatable bonds is 9. The standard InChI is InChI=1S/C19H22N2O5S/c1-4-7-13-8-12(9-14(25-5-2)17(13)26-6-3)10-15-18(23)21(11-16(20)22)19(24)27-15/h4,8-10H,1,5-7,11H2,2-3H3,(H2,20,22)/b15-10-. The summed E-state index contributed by atoms with van der Waals surface area (Å²) in [4.78, 5) is 36.4. The van der Waals surface area contributed by atoms with Gasteiger partial charge >= 0.3 is 0 Å². The van der Waals surface area contributed by atoms with Gasteiger partial charge in [-0.15, -0.1) is 6.58 Å². The van der Waals surface area contributed by atoms with Crippen molar-refractivity contribution in [3.8, 4) is 11.5 Å². The van der Waals surface area contributed by atoms with E-state index in [1.165, 1.54) is 0 Å². The third-order valence-electron chi connectivity index (χ3n) is 3.59. The van der Waals surface area contributed by atoms with Crippen LogP contribution in [0.15, 0.2) is 29.7 Å². The van der Waals surface area contributed by atoms with Gasteiger partial charge in [-0.2, -0.15) is 0 Å². The van der Waals surface area contributed by atoms with Gasteiger partial charge in [-0.05, 0) is 55.8 Å². The van der Waals surface area contributed by atoms with Crippen molar-refractivity contribution in [3.05, 3.63) is 40.8 Å². The van der Waals surface area contributed by atoms with E-state index in [4.69, 9.17) is 15.2 Å². The monoisotopic (exact) mass is 390 g/mol. The van der Waals surface area contributed by atoms with Crippen LogP contribution in [-0.4, -0.2) is 41.7 Å². The molecule has 144 valence electrons. The first-order chi connectivity index (χ1) is 12.9. The van der Waals surface area contributed by atoms with Crippen LogP contribution in [-0.2, 0) is 16.0 Å². The molecule has 3 amide bonds. The number of nitrogens with zero attached hydrogens (tertiary/aromatic N) is 1. The fraction of sp³-hybridized carbons (Fsp3) is 0.316. The van der Waals surface area contributed by atoms with Gasteiger partial charge in [0.15, 0.2) is 11.5 Å². The number of thioether (sulfide) groups is 1. The molecule has 0 bridgehead atoms. The van der Waals surface area contributed by atoms with Crippen LogP contribution in [0.1, 0.15) is 25.0 Å². The molecule has 2 rings (SSSR count). The molecule has 27 heavy (non-hydrogen) atoms. The van der Waals surface area contributed by atoms with Gasteiger partial charge in [-0.1, -0.05) is 6.08 Å². The zero-order chi connectivity index (χ0) is 20.0. The van der Waals surface area contributed by atoms with Crippen LogP contribution in [0.4, 0.5) is 4.79 Å². The zero-order valence-corrected chi connectivity index (χ0v) is 16.1. The number of hydrogen-bond donors (Lipinski definition) is 1. The number of carbonyl (C=O) groups is 3. The SMILES string of the molecule is C=CCc1cc(/C=C2\SC(=O)N(CC(N)=O)C2=O)cc(OCC)c1OCC. The molecule has 7 nitrogen and oxygen atoms in total. The molecule has 0 atom stereocenters. The Morgan fingerprint density at radius 3 is 2.56 bits per heavy atom. The van der Waals surface area contributed by atoms with Crippen LogP contribution in [0, 0.1) is 0 Å². The highest BCUT2D eigenvalue weighted by Crippen LogP contribution is 2.37. The molecule has 0 saturated carbocycles. The first-order valence-corrected chi connectivity index (χ1v) is 9.29. The van der Waals surface area contributed by atoms with E-state index in [0.717, 1.165) is 22.2 Å². The summed E-state index contributed by atoms with van der Waals surface area (Å²) in [5.41, 5.74) is 6.64. The molecular formula is C19H22N2O5S. The minimum atomic E-state index is -0.744. The number of amides is 3. The lowest BCUT2D eigenvalue weighted by atomic mass is 10.0. The highest BCUT2D eigenvalue weighted by molar-refractivity contribution is 8.18. The molecule has 0 radical (unpaired) electrons. The van der Waals surface area contributed by atoms with Gasteiger partial charge in [0, 0.05) is 5.56 Å². The molecule has 1 heterocycles. The number of carbonyl (C=O) groups excluding carboxylic acids is 3. The van der Waals surface area contributed by atoms with Gasteiger partial charge in [0.2, 0.25) is 5.91 Å². The number of hydrogen-bond acceptors (Lipinski definition) is 6. The molecule has 1 aliphatic heterocycles. The van der Waals surface area contributed by atoms with E-state index in [9.17, 15) is 14.4 Å². The molecule has 0 aliphatic carbocycles. The summed E-state index contributed by atoms with van der Waals surface area (Å²) in [6, 6.07) is 3.61. The quantitative estimate of drug-likeness (QED) is 0.514. The van der Waals surface area contributed by atoms with Crippen molar-refractivity contribution in [3.63, 3.8) is 0 Å². The van der Waals surface area contributed by atoms with Crippen LogP contribution in [0.25, 0.3) is 6.08 Å². The Morgan fingerprint density at radius 2 is 1.96 bits per heavy atom. The maximum atomic E-state index is 12.4. The molecule has 1 aromatic rings. The second kappa shape index (κ2) is 9.27. The molecular weight excluding hydrogens is 368 g/mol. The Labute approximate surface area is 162 Å². The number of imide groups is 1. The Hall–Kier alpha value is -2.74. The van der Waals surface area contributed by atoms with Crippen molar-refractivity contribution >= 4 is 34.9 Å². The van der Waals surface area contributed by atoms with Crippen LogP contribution in [0.2, 0.25) is 0 Å². The fourth-order valence-electron chi connectivity index (χ4n) is 2.59. The van der Waals surface area contributed by atoms with Crippen molar-refractivity contribution in [2.75, 3.05) is 19.8 Å². The predicted octanol–water partition coefficient (Wildman–Crippen LogP) is 2.73. The largest absolute Gasteiger partial charge is 0.490 e. The van der Waals surface area contributed by atoms with Gasteiger partial charge < -0.3 is 15.2 Å². The first-order valence-electron chi connectivity index (χ1n) is 8.48. The minimum absolute atomic E-state index is 0.220. The minimum Gasteiger partial charge on any atom is -0.490 e. The van der Waals surface area contributed by atoms with Gasteiger partial charge in [-0.3, -0.25) is 19.3 Å². The van der Waals surface area contributed by atoms with E-state index in [-0.39, 0.29) is 4.91 Å². The van der Waals surface area contributed by atoms with Gasteiger partial charge in [-0.25, -0.2) is 0 Å². The van der Waals surface area contributed by atoms with E-state index in [2.05, 4.69) is 6.58 Å². The molecule has 1 aliphatic rings. The van der Waals surface area contributed by atoms with E-state index >= 15 is 0 Å². The van der Waals surface area contributed by atoms with Gasteiger partial charge in [0.05, 0.1) is 18.1 Å². The maximum Gasteiger partial charge on any atom is 0.294 e. The highest BCUT2D eigenvalue weighted by atomic mass is 32.2. The van der Waals surface area contributed by atoms with Crippen LogP contribution < -0.4 is 15.2 Å². The number of allylic oxidation sites excluding steroid dienone is 1. The molecule has 0 unspecified atom stereocenters. The summed E-state index contributed by atoms with van der Waals surface area (Å²) in [6.45, 7) is 8.01. The summed E-state index contributed by atoms with van der Waals surface area (Å²) in [5.74, 6) is -0.0908. The van der Waals surface area contributed by atoms with Crippen molar-refractivity contribution < 1.29 is 23.9 Å². The fourth-order valence-corrected chi connectivity index (χ4v) is 3.43. The molecule has 1 aromatic carbocycles. The first kappa shape index (κ1) is 20.6. The molecule has 0 spiro atoms. The zero-order valence-electron chi connectivity index (χ0n) is 15.3. The Bertz CT molecular complexity index is 804. The lowest BCUT2D eigenvalue weighted by Crippen LogP contribution is -2.36. The lowest BCUT2D eigenvalue weighted by molar-refractivity contribution is -0.127.